The van der Waals surface area contributed by atoms with Gasteiger partial charge in [0.05, 0.1) is 50.6 Å². The van der Waals surface area contributed by atoms with Crippen LogP contribution in [0.25, 0.3) is 77.2 Å². The average Bonchev–Trinajstić information content (AvgIpc) is 3.66. The van der Waals surface area contributed by atoms with Gasteiger partial charge in [0.15, 0.2) is 0 Å². The van der Waals surface area contributed by atoms with Gasteiger partial charge in [0.1, 0.15) is 6.07 Å². The largest absolute Gasteiger partial charge is 0.309 e. The summed E-state index contributed by atoms with van der Waals surface area (Å²) in [5.41, 5.74) is 11.5. The molecule has 9 aromatic rings. The number of benzene rings is 7. The van der Waals surface area contributed by atoms with Crippen molar-refractivity contribution in [3.8, 4) is 45.8 Å². The molecule has 0 spiro atoms. The van der Waals surface area contributed by atoms with Crippen LogP contribution in [0.4, 0.5) is 0 Å². The Morgan fingerprint density at radius 1 is 0.396 bits per heavy atom. The van der Waals surface area contributed by atoms with Crippen molar-refractivity contribution in [3.63, 3.8) is 0 Å². The molecule has 0 fully saturated rings. The number of para-hydroxylation sites is 4. The monoisotopic (exact) mass is 610 g/mol. The first-order chi connectivity index (χ1) is 23.7. The van der Waals surface area contributed by atoms with Gasteiger partial charge < -0.3 is 9.13 Å². The predicted octanol–water partition coefficient (Wildman–Crippen LogP) is 11.0. The van der Waals surface area contributed by atoms with Gasteiger partial charge >= 0.3 is 0 Å². The lowest BCUT2D eigenvalue weighted by atomic mass is 9.98. The molecule has 2 aromatic heterocycles. The van der Waals surface area contributed by atoms with Crippen molar-refractivity contribution in [2.75, 3.05) is 0 Å². The number of nitriles is 2. The molecule has 0 N–H and O–H groups in total. The Labute approximate surface area is 277 Å². The summed E-state index contributed by atoms with van der Waals surface area (Å²) in [6, 6.07) is 59.0. The third-order valence-electron chi connectivity index (χ3n) is 9.40. The molecule has 0 aliphatic carbocycles. The fourth-order valence-corrected chi connectivity index (χ4v) is 7.31. The van der Waals surface area contributed by atoms with E-state index in [0.29, 0.717) is 11.1 Å². The maximum absolute atomic E-state index is 10.6. The van der Waals surface area contributed by atoms with E-state index in [2.05, 4.69) is 130 Å². The van der Waals surface area contributed by atoms with Crippen LogP contribution in [-0.4, -0.2) is 9.13 Å². The SMILES string of the molecule is N#Cc1ccc2c(c1)c1ccccc1n2-c1c(C#N)cccc1-c1ccccc1-n1c2ccccc2c2cc(-c3ccccc3)ccc21. The van der Waals surface area contributed by atoms with E-state index < -0.39 is 0 Å². The number of rotatable bonds is 4. The van der Waals surface area contributed by atoms with Crippen LogP contribution in [0.2, 0.25) is 0 Å². The maximum atomic E-state index is 10.6. The van der Waals surface area contributed by atoms with Gasteiger partial charge in [-0.05, 0) is 65.7 Å². The number of nitrogens with zero attached hydrogens (tertiary/aromatic N) is 4. The lowest BCUT2D eigenvalue weighted by molar-refractivity contribution is 1.15. The van der Waals surface area contributed by atoms with Crippen molar-refractivity contribution >= 4 is 43.6 Å². The highest BCUT2D eigenvalue weighted by Gasteiger charge is 2.22. The Balaban J connectivity index is 1.35. The van der Waals surface area contributed by atoms with E-state index in [1.807, 2.05) is 48.5 Å². The average molecular weight is 611 g/mol. The van der Waals surface area contributed by atoms with Crippen LogP contribution in [0.3, 0.4) is 0 Å². The van der Waals surface area contributed by atoms with E-state index in [9.17, 15) is 10.5 Å². The van der Waals surface area contributed by atoms with E-state index in [4.69, 9.17) is 0 Å². The minimum absolute atomic E-state index is 0.573. The zero-order chi connectivity index (χ0) is 32.2. The van der Waals surface area contributed by atoms with Crippen LogP contribution < -0.4 is 0 Å². The van der Waals surface area contributed by atoms with Gasteiger partial charge in [0.25, 0.3) is 0 Å². The Morgan fingerprint density at radius 3 is 1.77 bits per heavy atom. The smallest absolute Gasteiger partial charge is 0.101 e. The van der Waals surface area contributed by atoms with Gasteiger partial charge in [-0.3, -0.25) is 0 Å². The van der Waals surface area contributed by atoms with E-state index in [0.717, 1.165) is 55.3 Å². The second-order valence-corrected chi connectivity index (χ2v) is 12.0. The molecule has 4 nitrogen and oxygen atoms in total. The summed E-state index contributed by atoms with van der Waals surface area (Å²) in [5, 5.41) is 24.7. The fourth-order valence-electron chi connectivity index (χ4n) is 7.31. The highest BCUT2D eigenvalue weighted by molar-refractivity contribution is 6.12. The summed E-state index contributed by atoms with van der Waals surface area (Å²) >= 11 is 0. The first-order valence-corrected chi connectivity index (χ1v) is 15.9. The van der Waals surface area contributed by atoms with Gasteiger partial charge in [0.2, 0.25) is 0 Å². The van der Waals surface area contributed by atoms with E-state index in [-0.39, 0.29) is 0 Å². The first kappa shape index (κ1) is 27.4. The van der Waals surface area contributed by atoms with Crippen LogP contribution in [-0.2, 0) is 0 Å². The van der Waals surface area contributed by atoms with Crippen molar-refractivity contribution in [3.05, 3.63) is 169 Å². The summed E-state index contributed by atoms with van der Waals surface area (Å²) in [6.45, 7) is 0. The van der Waals surface area contributed by atoms with Gasteiger partial charge in [-0.1, -0.05) is 103 Å². The third-order valence-corrected chi connectivity index (χ3v) is 9.40. The molecule has 4 heteroatoms. The molecular formula is C44H26N4. The molecule has 0 unspecified atom stereocenters. The molecule has 7 aromatic carbocycles. The van der Waals surface area contributed by atoms with Gasteiger partial charge in [-0.15, -0.1) is 0 Å². The first-order valence-electron chi connectivity index (χ1n) is 15.9. The van der Waals surface area contributed by atoms with Crippen molar-refractivity contribution in [2.45, 2.75) is 0 Å². The maximum Gasteiger partial charge on any atom is 0.101 e. The van der Waals surface area contributed by atoms with E-state index in [1.165, 1.54) is 21.9 Å². The topological polar surface area (TPSA) is 57.4 Å². The van der Waals surface area contributed by atoms with E-state index in [1.54, 1.807) is 0 Å². The normalized spacial score (nSPS) is 11.3. The quantitative estimate of drug-likeness (QED) is 0.199. The van der Waals surface area contributed by atoms with Crippen LogP contribution in [0.15, 0.2) is 158 Å². The zero-order valence-corrected chi connectivity index (χ0v) is 25.8. The van der Waals surface area contributed by atoms with Crippen LogP contribution in [0.5, 0.6) is 0 Å². The molecule has 0 saturated heterocycles. The lowest BCUT2D eigenvalue weighted by Crippen LogP contribution is -2.03. The molecule has 222 valence electrons. The zero-order valence-electron chi connectivity index (χ0n) is 25.8. The van der Waals surface area contributed by atoms with Gasteiger partial charge in [-0.2, -0.15) is 10.5 Å². The summed E-state index contributed by atoms with van der Waals surface area (Å²) in [7, 11) is 0. The Bertz CT molecular complexity index is 2800. The Morgan fingerprint density at radius 2 is 1.00 bits per heavy atom. The van der Waals surface area contributed by atoms with Gasteiger partial charge in [0, 0.05) is 32.7 Å². The van der Waals surface area contributed by atoms with Crippen molar-refractivity contribution < 1.29 is 0 Å². The molecule has 0 amide bonds. The molecule has 48 heavy (non-hydrogen) atoms. The molecule has 0 atom stereocenters. The minimum Gasteiger partial charge on any atom is -0.309 e. The lowest BCUT2D eigenvalue weighted by Gasteiger charge is -2.19. The number of hydrogen-bond donors (Lipinski definition) is 0. The molecule has 2 heterocycles. The van der Waals surface area contributed by atoms with Gasteiger partial charge in [-0.25, -0.2) is 0 Å². The fraction of sp³-hybridized carbons (Fsp3) is 0. The predicted molar refractivity (Wildman–Crippen MR) is 195 cm³/mol. The summed E-state index contributed by atoms with van der Waals surface area (Å²) in [5.74, 6) is 0. The third kappa shape index (κ3) is 4.07. The highest BCUT2D eigenvalue weighted by Crippen LogP contribution is 2.42. The summed E-state index contributed by atoms with van der Waals surface area (Å²) < 4.78 is 4.54. The van der Waals surface area contributed by atoms with Crippen molar-refractivity contribution in [1.82, 2.24) is 9.13 Å². The Hall–Kier alpha value is -6.88. The molecular weight excluding hydrogens is 585 g/mol. The van der Waals surface area contributed by atoms with Crippen LogP contribution in [0, 0.1) is 22.7 Å². The summed E-state index contributed by atoms with van der Waals surface area (Å²) in [4.78, 5) is 0. The molecule has 0 aliphatic heterocycles. The van der Waals surface area contributed by atoms with Crippen LogP contribution in [0.1, 0.15) is 11.1 Å². The number of fused-ring (bicyclic) bond motifs is 6. The molecule has 0 saturated carbocycles. The number of hydrogen-bond acceptors (Lipinski definition) is 2. The summed E-state index contributed by atoms with van der Waals surface area (Å²) in [6.07, 6.45) is 0. The minimum atomic E-state index is 0.573. The number of aromatic nitrogens is 2. The highest BCUT2D eigenvalue weighted by atomic mass is 15.0. The molecule has 0 radical (unpaired) electrons. The molecule has 0 bridgehead atoms. The molecule has 9 rings (SSSR count). The van der Waals surface area contributed by atoms with Crippen molar-refractivity contribution in [2.24, 2.45) is 0 Å². The standard InChI is InChI=1S/C44H26N4/c45-27-29-21-23-43-37(25-29)34-15-6-9-20-41(34)48(43)44-32(28-46)13-10-17-36(44)33-14-4-7-18-39(33)47-40-19-8-5-16-35(40)38-26-31(22-24-42(38)47)30-11-2-1-3-12-30/h1-26H. The van der Waals surface area contributed by atoms with Crippen molar-refractivity contribution in [1.29, 1.82) is 10.5 Å². The second kappa shape index (κ2) is 10.9. The Kier molecular flexibility index (Phi) is 6.22. The molecule has 0 aliphatic rings. The second-order valence-electron chi connectivity index (χ2n) is 12.0. The van der Waals surface area contributed by atoms with E-state index >= 15 is 0 Å². The van der Waals surface area contributed by atoms with Crippen LogP contribution >= 0.6 is 0 Å².